The fraction of sp³-hybridized carbons (Fsp3) is 0. The second-order valence-corrected chi connectivity index (χ2v) is 11.7. The molecule has 0 N–H and O–H groups in total. The van der Waals surface area contributed by atoms with Gasteiger partial charge in [0, 0.05) is 42.1 Å². The predicted molar refractivity (Wildman–Crippen MR) is 159 cm³/mol. The number of nitrogens with zero attached hydrogens (tertiary/aromatic N) is 1. The molecule has 184 valence electrons. The van der Waals surface area contributed by atoms with Crippen molar-refractivity contribution >= 4 is 23.8 Å². The molecule has 1 aromatic heterocycles. The van der Waals surface area contributed by atoms with Crippen molar-refractivity contribution in [3.8, 4) is 56.4 Å². The molecule has 3 nitrogen and oxygen atoms in total. The number of fused-ring (bicyclic) bond motifs is 4. The minimum absolute atomic E-state index is 0.858. The van der Waals surface area contributed by atoms with Gasteiger partial charge in [0.2, 0.25) is 0 Å². The van der Waals surface area contributed by atoms with Crippen LogP contribution in [0.5, 0.6) is 23.0 Å². The Balaban J connectivity index is 1.41. The molecule has 2 aliphatic rings. The van der Waals surface area contributed by atoms with Gasteiger partial charge < -0.3 is 9.47 Å². The van der Waals surface area contributed by atoms with E-state index in [1.54, 1.807) is 0 Å². The smallest absolute Gasteiger partial charge is 0.143 e. The average Bonchev–Trinajstić information content (AvgIpc) is 3.01. The largest absolute Gasteiger partial charge is 0.455 e. The minimum Gasteiger partial charge on any atom is -0.455 e. The number of aromatic nitrogens is 1. The molecule has 0 radical (unpaired) electrons. The Bertz CT molecular complexity index is 1740. The fourth-order valence-corrected chi connectivity index (χ4v) is 8.18. The van der Waals surface area contributed by atoms with Gasteiger partial charge in [-0.25, -0.2) is 0 Å². The summed E-state index contributed by atoms with van der Waals surface area (Å²) >= 11 is 0. The van der Waals surface area contributed by atoms with Crippen LogP contribution in [0.2, 0.25) is 0 Å². The zero-order chi connectivity index (χ0) is 25.8. The first kappa shape index (κ1) is 22.3. The Labute approximate surface area is 228 Å². The van der Waals surface area contributed by atoms with E-state index in [2.05, 4.69) is 102 Å². The van der Waals surface area contributed by atoms with E-state index in [-0.39, 0.29) is 0 Å². The molecular formula is C35H22NO2P. The van der Waals surface area contributed by atoms with E-state index in [0.717, 1.165) is 61.7 Å². The Kier molecular flexibility index (Phi) is 5.11. The number of rotatable bonds is 3. The Morgan fingerprint density at radius 1 is 0.462 bits per heavy atom. The van der Waals surface area contributed by atoms with Crippen LogP contribution in [-0.4, -0.2) is 4.98 Å². The van der Waals surface area contributed by atoms with Gasteiger partial charge in [0.25, 0.3) is 0 Å². The molecule has 8 rings (SSSR count). The molecule has 2 aliphatic heterocycles. The molecule has 0 saturated carbocycles. The Morgan fingerprint density at radius 2 is 0.974 bits per heavy atom. The molecular weight excluding hydrogens is 497 g/mol. The lowest BCUT2D eigenvalue weighted by Gasteiger charge is -2.36. The van der Waals surface area contributed by atoms with Crippen LogP contribution in [0.25, 0.3) is 33.4 Å². The summed E-state index contributed by atoms with van der Waals surface area (Å²) in [5, 5.41) is 3.57. The third-order valence-electron chi connectivity index (χ3n) is 7.34. The van der Waals surface area contributed by atoms with Crippen LogP contribution in [-0.2, 0) is 0 Å². The van der Waals surface area contributed by atoms with Gasteiger partial charge in [-0.05, 0) is 46.5 Å². The topological polar surface area (TPSA) is 31.4 Å². The van der Waals surface area contributed by atoms with E-state index in [0.29, 0.717) is 0 Å². The van der Waals surface area contributed by atoms with Crippen LogP contribution >= 0.6 is 7.92 Å². The molecule has 0 atom stereocenters. The van der Waals surface area contributed by atoms with Crippen LogP contribution in [0.3, 0.4) is 0 Å². The summed E-state index contributed by atoms with van der Waals surface area (Å²) in [7, 11) is -0.908. The van der Waals surface area contributed by atoms with Crippen molar-refractivity contribution in [2.45, 2.75) is 0 Å². The molecule has 0 saturated heterocycles. The zero-order valence-corrected chi connectivity index (χ0v) is 21.8. The Morgan fingerprint density at radius 3 is 1.49 bits per heavy atom. The third kappa shape index (κ3) is 3.59. The molecule has 6 aromatic rings. The SMILES string of the molecule is c1ccc(-c2cccc3c2Oc2cc(-c4ccncc4)cc4c2P3c2cccc(-c3ccccc3)c2O4)cc1. The third-order valence-corrected chi connectivity index (χ3v) is 9.90. The second kappa shape index (κ2) is 8.94. The summed E-state index contributed by atoms with van der Waals surface area (Å²) in [5.74, 6) is 3.57. The normalized spacial score (nSPS) is 12.9. The Hall–Kier alpha value is -4.72. The van der Waals surface area contributed by atoms with Crippen LogP contribution < -0.4 is 25.4 Å². The summed E-state index contributed by atoms with van der Waals surface area (Å²) in [6, 6.07) is 42.4. The highest BCUT2D eigenvalue weighted by Crippen LogP contribution is 2.56. The van der Waals surface area contributed by atoms with Crippen molar-refractivity contribution in [1.82, 2.24) is 4.98 Å². The van der Waals surface area contributed by atoms with Crippen LogP contribution in [0, 0.1) is 0 Å². The summed E-state index contributed by atoms with van der Waals surface area (Å²) in [6.07, 6.45) is 3.64. The maximum atomic E-state index is 6.82. The highest BCUT2D eigenvalue weighted by Gasteiger charge is 2.39. The van der Waals surface area contributed by atoms with Crippen molar-refractivity contribution in [3.05, 3.63) is 134 Å². The molecule has 3 heterocycles. The maximum Gasteiger partial charge on any atom is 0.143 e. The first-order valence-electron chi connectivity index (χ1n) is 13.0. The van der Waals surface area contributed by atoms with Crippen molar-refractivity contribution in [2.75, 3.05) is 0 Å². The minimum atomic E-state index is -0.908. The molecule has 0 bridgehead atoms. The fourth-order valence-electron chi connectivity index (χ4n) is 5.57. The van der Waals surface area contributed by atoms with Gasteiger partial charge in [0.05, 0.1) is 5.30 Å². The van der Waals surface area contributed by atoms with E-state index >= 15 is 0 Å². The number of benzene rings is 5. The molecule has 0 fully saturated rings. The second-order valence-electron chi connectivity index (χ2n) is 9.64. The maximum absolute atomic E-state index is 6.82. The van der Waals surface area contributed by atoms with Crippen molar-refractivity contribution < 1.29 is 9.47 Å². The van der Waals surface area contributed by atoms with E-state index in [1.807, 2.05) is 36.7 Å². The van der Waals surface area contributed by atoms with Gasteiger partial charge in [-0.15, -0.1) is 0 Å². The van der Waals surface area contributed by atoms with Gasteiger partial charge in [-0.1, -0.05) is 97.1 Å². The van der Waals surface area contributed by atoms with Crippen LogP contribution in [0.4, 0.5) is 0 Å². The van der Waals surface area contributed by atoms with Crippen molar-refractivity contribution in [1.29, 1.82) is 0 Å². The molecule has 4 heteroatoms. The highest BCUT2D eigenvalue weighted by atomic mass is 31.1. The van der Waals surface area contributed by atoms with Crippen LogP contribution in [0.1, 0.15) is 0 Å². The molecule has 0 spiro atoms. The number of ether oxygens (including phenoxy) is 2. The van der Waals surface area contributed by atoms with Crippen molar-refractivity contribution in [2.24, 2.45) is 0 Å². The summed E-state index contributed by atoms with van der Waals surface area (Å²) in [6.45, 7) is 0. The van der Waals surface area contributed by atoms with E-state index in [1.165, 1.54) is 10.6 Å². The zero-order valence-electron chi connectivity index (χ0n) is 20.9. The first-order valence-corrected chi connectivity index (χ1v) is 14.3. The number of hydrogen-bond acceptors (Lipinski definition) is 3. The summed E-state index contributed by atoms with van der Waals surface area (Å²) in [5.41, 5.74) is 6.61. The standard InChI is InChI=1S/C35H22NO2P/c1-3-9-24(10-4-1)27-13-7-15-31-33(27)37-29-21-26(23-17-19-36-20-18-23)22-30-35(29)39(31)32-16-8-14-28(34(32)38-30)25-11-5-2-6-12-25/h1-22H. The van der Waals surface area contributed by atoms with Gasteiger partial charge >= 0.3 is 0 Å². The number of para-hydroxylation sites is 2. The highest BCUT2D eigenvalue weighted by molar-refractivity contribution is 7.80. The average molecular weight is 520 g/mol. The lowest BCUT2D eigenvalue weighted by atomic mass is 10.0. The lowest BCUT2D eigenvalue weighted by molar-refractivity contribution is 0.468. The van der Waals surface area contributed by atoms with Gasteiger partial charge in [0.1, 0.15) is 23.0 Å². The predicted octanol–water partition coefficient (Wildman–Crippen LogP) is 8.05. The monoisotopic (exact) mass is 519 g/mol. The van der Waals surface area contributed by atoms with E-state index in [9.17, 15) is 0 Å². The molecule has 0 amide bonds. The summed E-state index contributed by atoms with van der Waals surface area (Å²) < 4.78 is 13.6. The lowest BCUT2D eigenvalue weighted by Crippen LogP contribution is -2.32. The summed E-state index contributed by atoms with van der Waals surface area (Å²) in [4.78, 5) is 4.21. The van der Waals surface area contributed by atoms with Crippen LogP contribution in [0.15, 0.2) is 134 Å². The van der Waals surface area contributed by atoms with Crippen molar-refractivity contribution in [3.63, 3.8) is 0 Å². The molecule has 5 aromatic carbocycles. The molecule has 0 aliphatic carbocycles. The molecule has 0 unspecified atom stereocenters. The van der Waals surface area contributed by atoms with E-state index < -0.39 is 7.92 Å². The number of pyridine rings is 1. The first-order chi connectivity index (χ1) is 19.3. The molecule has 39 heavy (non-hydrogen) atoms. The quantitative estimate of drug-likeness (QED) is 0.221. The number of hydrogen-bond donors (Lipinski definition) is 0. The van der Waals surface area contributed by atoms with Gasteiger partial charge in [0.15, 0.2) is 0 Å². The van der Waals surface area contributed by atoms with Gasteiger partial charge in [-0.2, -0.15) is 0 Å². The van der Waals surface area contributed by atoms with Gasteiger partial charge in [-0.3, -0.25) is 4.98 Å². The van der Waals surface area contributed by atoms with E-state index in [4.69, 9.17) is 9.47 Å².